The number of hydrogen-bond acceptors (Lipinski definition) is 3. The van der Waals surface area contributed by atoms with Gasteiger partial charge in [-0.2, -0.15) is 0 Å². The van der Waals surface area contributed by atoms with Gasteiger partial charge in [-0.3, -0.25) is 4.79 Å². The molecule has 0 bridgehead atoms. The van der Waals surface area contributed by atoms with Crippen molar-refractivity contribution < 1.29 is 4.79 Å². The molecule has 0 saturated heterocycles. The second-order valence-corrected chi connectivity index (χ2v) is 3.24. The molecule has 0 saturated carbocycles. The predicted octanol–water partition coefficient (Wildman–Crippen LogP) is 2.60. The van der Waals surface area contributed by atoms with Gasteiger partial charge in [-0.25, -0.2) is 4.98 Å². The molecule has 0 atom stereocenters. The van der Waals surface area contributed by atoms with Crippen LogP contribution >= 0.6 is 11.3 Å². The number of carbonyl (C=O) groups is 1. The first kappa shape index (κ1) is 11.8. The number of carbonyl (C=O) groups excluding carboxylic acids is 1. The summed E-state index contributed by atoms with van der Waals surface area (Å²) in [5.74, 6) is -0.0747. The van der Waals surface area contributed by atoms with Crippen molar-refractivity contribution in [3.8, 4) is 0 Å². The van der Waals surface area contributed by atoms with Crippen molar-refractivity contribution in [1.82, 2.24) is 4.98 Å². The standard InChI is InChI=1S/C6H8N2OS.C3H6/c1-4-3-10-6(7-4)8-5(2)9;1-3-2/h3H,1-2H3,(H,7,8,9);3H,1H2,2H3. The highest BCUT2D eigenvalue weighted by Crippen LogP contribution is 2.13. The molecule has 0 fully saturated rings. The Labute approximate surface area is 82.5 Å². The van der Waals surface area contributed by atoms with Crippen molar-refractivity contribution in [3.63, 3.8) is 0 Å². The summed E-state index contributed by atoms with van der Waals surface area (Å²) in [6, 6.07) is 0. The van der Waals surface area contributed by atoms with Crippen molar-refractivity contribution in [2.45, 2.75) is 20.8 Å². The Morgan fingerprint density at radius 3 is 2.62 bits per heavy atom. The van der Waals surface area contributed by atoms with E-state index in [2.05, 4.69) is 16.9 Å². The van der Waals surface area contributed by atoms with E-state index in [9.17, 15) is 4.79 Å². The highest BCUT2D eigenvalue weighted by atomic mass is 32.1. The number of nitrogens with one attached hydrogen (secondary N) is 1. The summed E-state index contributed by atoms with van der Waals surface area (Å²) in [5, 5.41) is 5.16. The zero-order chi connectivity index (χ0) is 10.3. The Morgan fingerprint density at radius 2 is 2.31 bits per heavy atom. The highest BCUT2D eigenvalue weighted by molar-refractivity contribution is 7.13. The maximum Gasteiger partial charge on any atom is 0.223 e. The van der Waals surface area contributed by atoms with E-state index < -0.39 is 0 Å². The predicted molar refractivity (Wildman–Crippen MR) is 57.0 cm³/mol. The number of hydrogen-bond donors (Lipinski definition) is 1. The van der Waals surface area contributed by atoms with Gasteiger partial charge in [0.25, 0.3) is 0 Å². The molecular formula is C9H14N2OS. The van der Waals surface area contributed by atoms with Crippen LogP contribution in [0.15, 0.2) is 18.0 Å². The molecule has 0 unspecified atom stereocenters. The van der Waals surface area contributed by atoms with Crippen LogP contribution in [0.4, 0.5) is 5.13 Å². The van der Waals surface area contributed by atoms with E-state index in [1.807, 2.05) is 19.2 Å². The van der Waals surface area contributed by atoms with Crippen LogP contribution in [0.1, 0.15) is 19.5 Å². The first-order valence-electron chi connectivity index (χ1n) is 3.87. The number of nitrogens with zero attached hydrogens (tertiary/aromatic N) is 1. The summed E-state index contributed by atoms with van der Waals surface area (Å²) >= 11 is 1.43. The van der Waals surface area contributed by atoms with Crippen LogP contribution in [0.25, 0.3) is 0 Å². The third-order valence-electron chi connectivity index (χ3n) is 0.902. The summed E-state index contributed by atoms with van der Waals surface area (Å²) in [4.78, 5) is 14.5. The quantitative estimate of drug-likeness (QED) is 0.705. The van der Waals surface area contributed by atoms with Gasteiger partial charge in [0.2, 0.25) is 5.91 Å². The Kier molecular flexibility index (Phi) is 5.80. The Bertz CT molecular complexity index is 281. The average molecular weight is 198 g/mol. The van der Waals surface area contributed by atoms with Crippen LogP contribution in [-0.2, 0) is 4.79 Å². The maximum atomic E-state index is 10.5. The second-order valence-electron chi connectivity index (χ2n) is 2.38. The third kappa shape index (κ3) is 6.04. The number of thiazole rings is 1. The maximum absolute atomic E-state index is 10.5. The fourth-order valence-corrected chi connectivity index (χ4v) is 1.30. The molecular weight excluding hydrogens is 184 g/mol. The lowest BCUT2D eigenvalue weighted by Crippen LogP contribution is -2.04. The van der Waals surface area contributed by atoms with Crippen LogP contribution in [0.3, 0.4) is 0 Å². The fraction of sp³-hybridized carbons (Fsp3) is 0.333. The minimum atomic E-state index is -0.0747. The van der Waals surface area contributed by atoms with Crippen molar-refractivity contribution in [2.24, 2.45) is 0 Å². The van der Waals surface area contributed by atoms with Crippen LogP contribution in [0.5, 0.6) is 0 Å². The minimum absolute atomic E-state index is 0.0747. The Hall–Kier alpha value is -1.16. The normalized spacial score (nSPS) is 8.23. The molecule has 0 aliphatic carbocycles. The zero-order valence-corrected chi connectivity index (χ0v) is 8.94. The molecule has 1 heterocycles. The summed E-state index contributed by atoms with van der Waals surface area (Å²) in [7, 11) is 0. The molecule has 4 heteroatoms. The molecule has 0 aliphatic heterocycles. The molecule has 1 N–H and O–H groups in total. The van der Waals surface area contributed by atoms with Gasteiger partial charge in [-0.05, 0) is 13.8 Å². The van der Waals surface area contributed by atoms with Gasteiger partial charge in [0.1, 0.15) is 0 Å². The summed E-state index contributed by atoms with van der Waals surface area (Å²) in [5.41, 5.74) is 0.939. The Morgan fingerprint density at radius 1 is 1.77 bits per heavy atom. The second kappa shape index (κ2) is 6.37. The van der Waals surface area contributed by atoms with E-state index in [0.717, 1.165) is 5.69 Å². The number of aryl methyl sites for hydroxylation is 1. The summed E-state index contributed by atoms with van der Waals surface area (Å²) in [6.07, 6.45) is 1.75. The fourth-order valence-electron chi connectivity index (χ4n) is 0.562. The van der Waals surface area contributed by atoms with Crippen LogP contribution in [0, 0.1) is 6.92 Å². The smallest absolute Gasteiger partial charge is 0.223 e. The lowest BCUT2D eigenvalue weighted by Gasteiger charge is -1.91. The van der Waals surface area contributed by atoms with Crippen molar-refractivity contribution in [2.75, 3.05) is 5.32 Å². The Balaban J connectivity index is 0.000000424. The topological polar surface area (TPSA) is 42.0 Å². The first-order chi connectivity index (χ1) is 6.10. The summed E-state index contributed by atoms with van der Waals surface area (Å²) < 4.78 is 0. The van der Waals surface area contributed by atoms with Crippen LogP contribution in [-0.4, -0.2) is 10.9 Å². The lowest BCUT2D eigenvalue weighted by molar-refractivity contribution is -0.114. The van der Waals surface area contributed by atoms with Gasteiger partial charge in [0.15, 0.2) is 5.13 Å². The minimum Gasteiger partial charge on any atom is -0.302 e. The SMILES string of the molecule is C=CC.CC(=O)Nc1nc(C)cs1. The third-order valence-corrected chi connectivity index (χ3v) is 1.78. The van der Waals surface area contributed by atoms with E-state index in [1.54, 1.807) is 6.08 Å². The number of aromatic nitrogens is 1. The zero-order valence-electron chi connectivity index (χ0n) is 8.13. The number of rotatable bonds is 1. The van der Waals surface area contributed by atoms with Crippen molar-refractivity contribution in [3.05, 3.63) is 23.7 Å². The molecule has 1 amide bonds. The number of amides is 1. The van der Waals surface area contributed by atoms with Crippen LogP contribution in [0.2, 0.25) is 0 Å². The van der Waals surface area contributed by atoms with Gasteiger partial charge >= 0.3 is 0 Å². The van der Waals surface area contributed by atoms with Crippen LogP contribution < -0.4 is 5.32 Å². The van der Waals surface area contributed by atoms with Crippen molar-refractivity contribution in [1.29, 1.82) is 0 Å². The van der Waals surface area contributed by atoms with Gasteiger partial charge in [0.05, 0.1) is 5.69 Å². The highest BCUT2D eigenvalue weighted by Gasteiger charge is 1.97. The van der Waals surface area contributed by atoms with E-state index >= 15 is 0 Å². The largest absolute Gasteiger partial charge is 0.302 e. The summed E-state index contributed by atoms with van der Waals surface area (Å²) in [6.45, 7) is 8.61. The first-order valence-corrected chi connectivity index (χ1v) is 4.75. The van der Waals surface area contributed by atoms with E-state index in [0.29, 0.717) is 5.13 Å². The van der Waals surface area contributed by atoms with E-state index in [-0.39, 0.29) is 5.91 Å². The number of anilines is 1. The molecule has 0 aliphatic rings. The molecule has 0 radical (unpaired) electrons. The van der Waals surface area contributed by atoms with E-state index in [1.165, 1.54) is 18.3 Å². The molecule has 1 aromatic rings. The van der Waals surface area contributed by atoms with Gasteiger partial charge in [0, 0.05) is 12.3 Å². The van der Waals surface area contributed by atoms with E-state index in [4.69, 9.17) is 0 Å². The molecule has 0 aromatic carbocycles. The monoisotopic (exact) mass is 198 g/mol. The molecule has 13 heavy (non-hydrogen) atoms. The van der Waals surface area contributed by atoms with Crippen molar-refractivity contribution >= 4 is 22.4 Å². The molecule has 1 rings (SSSR count). The molecule has 72 valence electrons. The average Bonchev–Trinajstić information content (AvgIpc) is 2.35. The van der Waals surface area contributed by atoms with Gasteiger partial charge in [-0.1, -0.05) is 6.08 Å². The lowest BCUT2D eigenvalue weighted by atomic mass is 10.6. The number of allylic oxidation sites excluding steroid dienone is 1. The van der Waals surface area contributed by atoms with Gasteiger partial charge < -0.3 is 5.32 Å². The molecule has 1 aromatic heterocycles. The molecule has 0 spiro atoms. The molecule has 3 nitrogen and oxygen atoms in total. The van der Waals surface area contributed by atoms with Gasteiger partial charge in [-0.15, -0.1) is 17.9 Å².